The molecule has 0 aliphatic carbocycles. The summed E-state index contributed by atoms with van der Waals surface area (Å²) in [6.07, 6.45) is -5.89. The lowest BCUT2D eigenvalue weighted by Gasteiger charge is -2.32. The molecule has 1 N–H and O–H groups in total. The third-order valence-corrected chi connectivity index (χ3v) is 6.89. The van der Waals surface area contributed by atoms with Crippen LogP contribution in [-0.4, -0.2) is 55.8 Å². The molecule has 1 unspecified atom stereocenters. The van der Waals surface area contributed by atoms with E-state index in [1.165, 1.54) is 6.07 Å². The molecule has 5 rings (SSSR count). The van der Waals surface area contributed by atoms with E-state index in [1.54, 1.807) is 6.07 Å². The lowest BCUT2D eigenvalue weighted by molar-refractivity contribution is -0.169. The first-order chi connectivity index (χ1) is 17.6. The summed E-state index contributed by atoms with van der Waals surface area (Å²) in [5.74, 6) is -1.24. The summed E-state index contributed by atoms with van der Waals surface area (Å²) in [6, 6.07) is 4.34. The maximum atomic E-state index is 15.4. The van der Waals surface area contributed by atoms with Crippen LogP contribution in [-0.2, 0) is 6.42 Å². The first-order valence-corrected chi connectivity index (χ1v) is 12.4. The average molecular weight is 531 g/mol. The molecule has 2 aromatic rings. The van der Waals surface area contributed by atoms with Crippen molar-refractivity contribution in [1.82, 2.24) is 10.2 Å². The van der Waals surface area contributed by atoms with Gasteiger partial charge in [-0.1, -0.05) is 0 Å². The van der Waals surface area contributed by atoms with Crippen molar-refractivity contribution in [2.45, 2.75) is 63.3 Å². The summed E-state index contributed by atoms with van der Waals surface area (Å²) in [7, 11) is 0. The Hall–Kier alpha value is -2.66. The van der Waals surface area contributed by atoms with Crippen LogP contribution in [0.15, 0.2) is 24.3 Å². The van der Waals surface area contributed by atoms with Crippen molar-refractivity contribution in [3.8, 4) is 17.2 Å². The molecular formula is C26H28F6N2O3. The summed E-state index contributed by atoms with van der Waals surface area (Å²) in [5, 5.41) is 3.19. The smallest absolute Gasteiger partial charge is 0.396 e. The van der Waals surface area contributed by atoms with Gasteiger partial charge in [-0.15, -0.1) is 0 Å². The summed E-state index contributed by atoms with van der Waals surface area (Å²) < 4.78 is 98.1. The quantitative estimate of drug-likeness (QED) is 0.483. The summed E-state index contributed by atoms with van der Waals surface area (Å²) in [5.41, 5.74) is 1.02. The van der Waals surface area contributed by atoms with Gasteiger partial charge >= 0.3 is 6.18 Å². The molecule has 5 nitrogen and oxygen atoms in total. The number of likely N-dealkylation sites (tertiary alicyclic amines) is 1. The van der Waals surface area contributed by atoms with Crippen molar-refractivity contribution in [1.29, 1.82) is 0 Å². The minimum Gasteiger partial charge on any atom is -0.489 e. The van der Waals surface area contributed by atoms with Crippen molar-refractivity contribution < 1.29 is 40.6 Å². The van der Waals surface area contributed by atoms with Gasteiger partial charge < -0.3 is 19.5 Å². The van der Waals surface area contributed by atoms with Gasteiger partial charge in [0.15, 0.2) is 11.5 Å². The zero-order chi connectivity index (χ0) is 26.3. The first kappa shape index (κ1) is 26.0. The van der Waals surface area contributed by atoms with Gasteiger partial charge in [0.2, 0.25) is 6.29 Å². The third kappa shape index (κ3) is 5.77. The van der Waals surface area contributed by atoms with Crippen molar-refractivity contribution in [2.24, 2.45) is 0 Å². The topological polar surface area (TPSA) is 43.0 Å². The molecule has 0 spiro atoms. The number of fused-ring (bicyclic) bond motifs is 2. The highest BCUT2D eigenvalue weighted by Crippen LogP contribution is 2.44. The van der Waals surface area contributed by atoms with Crippen LogP contribution in [0.2, 0.25) is 0 Å². The molecule has 202 valence electrons. The van der Waals surface area contributed by atoms with Crippen LogP contribution in [0.25, 0.3) is 0 Å². The molecule has 0 amide bonds. The molecule has 0 bridgehead atoms. The SMILES string of the molecule is C[C@@H]1Cc2cc3c(cc2[C@@H](c2c(F)cc(O[C@H]4CCN(CCCF)C4)cc2F)N1)OC(CC(F)(F)F)O3. The minimum absolute atomic E-state index is 0.0702. The number of alkyl halides is 4. The predicted molar refractivity (Wildman–Crippen MR) is 123 cm³/mol. The van der Waals surface area contributed by atoms with E-state index in [2.05, 4.69) is 10.2 Å². The number of benzene rings is 2. The van der Waals surface area contributed by atoms with Gasteiger partial charge in [-0.25, -0.2) is 8.78 Å². The van der Waals surface area contributed by atoms with E-state index in [-0.39, 0.29) is 35.0 Å². The summed E-state index contributed by atoms with van der Waals surface area (Å²) >= 11 is 0. The Balaban J connectivity index is 1.37. The highest BCUT2D eigenvalue weighted by Gasteiger charge is 2.39. The zero-order valence-electron chi connectivity index (χ0n) is 20.2. The van der Waals surface area contributed by atoms with Crippen molar-refractivity contribution in [3.63, 3.8) is 0 Å². The van der Waals surface area contributed by atoms with E-state index < -0.39 is 43.2 Å². The molecule has 11 heteroatoms. The number of hydrogen-bond donors (Lipinski definition) is 1. The van der Waals surface area contributed by atoms with E-state index in [0.717, 1.165) is 18.7 Å². The molecule has 1 saturated heterocycles. The van der Waals surface area contributed by atoms with Gasteiger partial charge in [0.1, 0.15) is 29.9 Å². The lowest BCUT2D eigenvalue weighted by Crippen LogP contribution is -2.38. The molecular weight excluding hydrogens is 502 g/mol. The van der Waals surface area contributed by atoms with Crippen LogP contribution in [0.1, 0.15) is 48.9 Å². The Bertz CT molecular complexity index is 1120. The van der Waals surface area contributed by atoms with E-state index in [4.69, 9.17) is 14.2 Å². The molecule has 1 fully saturated rings. The van der Waals surface area contributed by atoms with E-state index in [9.17, 15) is 17.6 Å². The second-order valence-electron chi connectivity index (χ2n) is 9.86. The number of nitrogens with one attached hydrogen (secondary N) is 1. The standard InChI is InChI=1S/C26H28F6N2O3/c1-14-7-15-8-21-22(37-23(36-21)12-26(30,31)32)11-18(15)25(33-14)24-19(28)9-17(10-20(24)29)35-16-3-6-34(13-16)5-2-4-27/h8-11,14,16,23,25,33H,2-7,12-13H2,1H3/t14-,16+,23?,25+/m1/s1. The van der Waals surface area contributed by atoms with E-state index in [1.807, 2.05) is 6.92 Å². The monoisotopic (exact) mass is 530 g/mol. The molecule has 3 aliphatic heterocycles. The number of rotatable bonds is 7. The highest BCUT2D eigenvalue weighted by molar-refractivity contribution is 5.53. The molecule has 0 saturated carbocycles. The normalized spacial score (nSPS) is 25.4. The van der Waals surface area contributed by atoms with E-state index >= 15 is 8.78 Å². The van der Waals surface area contributed by atoms with Gasteiger partial charge in [-0.3, -0.25) is 9.29 Å². The van der Waals surface area contributed by atoms with Crippen LogP contribution in [0, 0.1) is 11.6 Å². The fraction of sp³-hybridized carbons (Fsp3) is 0.538. The zero-order valence-corrected chi connectivity index (χ0v) is 20.2. The number of hydrogen-bond acceptors (Lipinski definition) is 5. The van der Waals surface area contributed by atoms with Crippen LogP contribution < -0.4 is 19.5 Å². The van der Waals surface area contributed by atoms with Crippen molar-refractivity contribution in [2.75, 3.05) is 26.3 Å². The Labute approximate surface area is 210 Å². The van der Waals surface area contributed by atoms with Crippen LogP contribution in [0.3, 0.4) is 0 Å². The Morgan fingerprint density at radius 3 is 2.46 bits per heavy atom. The number of halogens is 6. The maximum Gasteiger partial charge on any atom is 0.396 e. The Morgan fingerprint density at radius 2 is 1.78 bits per heavy atom. The van der Waals surface area contributed by atoms with Crippen LogP contribution in [0.5, 0.6) is 17.2 Å². The third-order valence-electron chi connectivity index (χ3n) is 6.89. The molecule has 0 radical (unpaired) electrons. The van der Waals surface area contributed by atoms with Gasteiger partial charge in [0, 0.05) is 43.4 Å². The number of ether oxygens (including phenoxy) is 3. The fourth-order valence-electron chi connectivity index (χ4n) is 5.31. The van der Waals surface area contributed by atoms with Gasteiger partial charge in [-0.05, 0) is 49.4 Å². The van der Waals surface area contributed by atoms with Crippen molar-refractivity contribution in [3.05, 3.63) is 52.6 Å². The van der Waals surface area contributed by atoms with Gasteiger partial charge in [0.05, 0.1) is 12.7 Å². The maximum absolute atomic E-state index is 15.4. The largest absolute Gasteiger partial charge is 0.489 e. The predicted octanol–water partition coefficient (Wildman–Crippen LogP) is 5.45. The molecule has 2 aromatic carbocycles. The fourth-order valence-corrected chi connectivity index (χ4v) is 5.31. The van der Waals surface area contributed by atoms with E-state index in [0.29, 0.717) is 43.5 Å². The van der Waals surface area contributed by atoms with Gasteiger partial charge in [-0.2, -0.15) is 13.2 Å². The minimum atomic E-state index is -4.47. The second kappa shape index (κ2) is 10.2. The van der Waals surface area contributed by atoms with Gasteiger partial charge in [0.25, 0.3) is 0 Å². The van der Waals surface area contributed by atoms with Crippen LogP contribution in [0.4, 0.5) is 26.3 Å². The molecule has 3 aliphatic rings. The Morgan fingerprint density at radius 1 is 1.08 bits per heavy atom. The highest BCUT2D eigenvalue weighted by atomic mass is 19.4. The molecule has 4 atom stereocenters. The van der Waals surface area contributed by atoms with Crippen LogP contribution >= 0.6 is 0 Å². The average Bonchev–Trinajstić information content (AvgIpc) is 3.40. The molecule has 3 heterocycles. The number of nitrogens with zero attached hydrogens (tertiary/aromatic N) is 1. The second-order valence-corrected chi connectivity index (χ2v) is 9.86. The Kier molecular flexibility index (Phi) is 7.19. The summed E-state index contributed by atoms with van der Waals surface area (Å²) in [4.78, 5) is 2.05. The summed E-state index contributed by atoms with van der Waals surface area (Å²) in [6.45, 7) is 3.36. The molecule has 0 aromatic heterocycles. The first-order valence-electron chi connectivity index (χ1n) is 12.4. The lowest BCUT2D eigenvalue weighted by atomic mass is 9.86. The van der Waals surface area contributed by atoms with Crippen molar-refractivity contribution >= 4 is 0 Å². The molecule has 37 heavy (non-hydrogen) atoms.